The molecule has 0 atom stereocenters. The van der Waals surface area contributed by atoms with Gasteiger partial charge in [-0.2, -0.15) is 5.26 Å². The Kier molecular flexibility index (Phi) is 2.43. The molecule has 0 heterocycles. The lowest BCUT2D eigenvalue weighted by molar-refractivity contribution is -0.384. The first-order chi connectivity index (χ1) is 7.88. The highest BCUT2D eigenvalue weighted by molar-refractivity contribution is 5.42. The van der Waals surface area contributed by atoms with Gasteiger partial charge in [-0.05, 0) is 23.8 Å². The molecule has 0 unspecified atom stereocenters. The van der Waals surface area contributed by atoms with Crippen LogP contribution in [-0.2, 0) is 5.41 Å². The summed E-state index contributed by atoms with van der Waals surface area (Å²) < 4.78 is 0. The molecule has 0 saturated heterocycles. The van der Waals surface area contributed by atoms with Crippen LogP contribution in [0.2, 0.25) is 0 Å². The molecule has 1 aromatic carbocycles. The Labute approximate surface area is 100 Å². The number of nitrogens with zero attached hydrogens (tertiary/aromatic N) is 2. The van der Waals surface area contributed by atoms with Crippen LogP contribution in [0.1, 0.15) is 32.3 Å². The lowest BCUT2D eigenvalue weighted by atomic mass is 9.52. The van der Waals surface area contributed by atoms with Crippen molar-refractivity contribution >= 4 is 5.69 Å². The zero-order chi connectivity index (χ0) is 12.7. The largest absolute Gasteiger partial charge is 0.269 e. The van der Waals surface area contributed by atoms with E-state index in [1.54, 1.807) is 12.1 Å². The van der Waals surface area contributed by atoms with E-state index in [0.717, 1.165) is 18.4 Å². The maximum Gasteiger partial charge on any atom is 0.269 e. The first-order valence-electron chi connectivity index (χ1n) is 5.55. The topological polar surface area (TPSA) is 66.9 Å². The van der Waals surface area contributed by atoms with Crippen LogP contribution in [-0.4, -0.2) is 4.92 Å². The average molecular weight is 230 g/mol. The van der Waals surface area contributed by atoms with Crippen LogP contribution in [0.4, 0.5) is 5.69 Å². The van der Waals surface area contributed by atoms with Gasteiger partial charge in [-0.25, -0.2) is 0 Å². The van der Waals surface area contributed by atoms with Gasteiger partial charge in [0.1, 0.15) is 0 Å². The standard InChI is InChI=1S/C13H14N2O2/c1-12(2)7-13(8-12,9-14)10-3-5-11(6-4-10)15(16)17/h3-6H,7-8H2,1-2H3. The lowest BCUT2D eigenvalue weighted by Gasteiger charge is -2.49. The van der Waals surface area contributed by atoms with E-state index in [2.05, 4.69) is 19.9 Å². The minimum Gasteiger partial charge on any atom is -0.258 e. The maximum atomic E-state index is 10.6. The first kappa shape index (κ1) is 11.6. The summed E-state index contributed by atoms with van der Waals surface area (Å²) in [5.74, 6) is 0. The third-order valence-electron chi connectivity index (χ3n) is 3.41. The molecule has 0 bridgehead atoms. The third-order valence-corrected chi connectivity index (χ3v) is 3.41. The van der Waals surface area contributed by atoms with E-state index in [0.29, 0.717) is 0 Å². The van der Waals surface area contributed by atoms with E-state index in [1.807, 2.05) is 0 Å². The molecular weight excluding hydrogens is 216 g/mol. The van der Waals surface area contributed by atoms with Crippen LogP contribution >= 0.6 is 0 Å². The Bertz CT molecular complexity index is 489. The van der Waals surface area contributed by atoms with Crippen molar-refractivity contribution < 1.29 is 4.92 Å². The summed E-state index contributed by atoms with van der Waals surface area (Å²) in [6, 6.07) is 8.72. The van der Waals surface area contributed by atoms with Gasteiger partial charge < -0.3 is 0 Å². The molecule has 17 heavy (non-hydrogen) atoms. The van der Waals surface area contributed by atoms with Crippen molar-refractivity contribution in [2.75, 3.05) is 0 Å². The van der Waals surface area contributed by atoms with Gasteiger partial charge in [0.15, 0.2) is 0 Å². The normalized spacial score (nSPS) is 20.1. The summed E-state index contributed by atoms with van der Waals surface area (Å²) in [5, 5.41) is 19.9. The second-order valence-corrected chi connectivity index (χ2v) is 5.52. The van der Waals surface area contributed by atoms with Crippen LogP contribution in [0.25, 0.3) is 0 Å². The second-order valence-electron chi connectivity index (χ2n) is 5.52. The first-order valence-corrected chi connectivity index (χ1v) is 5.55. The highest BCUT2D eigenvalue weighted by atomic mass is 16.6. The number of nitro groups is 1. The highest BCUT2D eigenvalue weighted by Gasteiger charge is 2.50. The summed E-state index contributed by atoms with van der Waals surface area (Å²) in [4.78, 5) is 10.1. The Hall–Kier alpha value is -1.89. The Morgan fingerprint density at radius 1 is 1.29 bits per heavy atom. The molecule has 0 aromatic heterocycles. The van der Waals surface area contributed by atoms with Crippen molar-refractivity contribution in [1.82, 2.24) is 0 Å². The van der Waals surface area contributed by atoms with Gasteiger partial charge in [0.25, 0.3) is 5.69 Å². The van der Waals surface area contributed by atoms with Crippen molar-refractivity contribution in [2.24, 2.45) is 5.41 Å². The van der Waals surface area contributed by atoms with Crippen molar-refractivity contribution in [3.05, 3.63) is 39.9 Å². The Morgan fingerprint density at radius 3 is 2.18 bits per heavy atom. The zero-order valence-corrected chi connectivity index (χ0v) is 9.93. The van der Waals surface area contributed by atoms with E-state index in [4.69, 9.17) is 0 Å². The predicted octanol–water partition coefficient (Wildman–Crippen LogP) is 3.18. The summed E-state index contributed by atoms with van der Waals surface area (Å²) >= 11 is 0. The molecule has 4 heteroatoms. The third kappa shape index (κ3) is 1.89. The minimum atomic E-state index is -0.446. The summed E-state index contributed by atoms with van der Waals surface area (Å²) in [6.45, 7) is 4.27. The molecule has 1 fully saturated rings. The van der Waals surface area contributed by atoms with E-state index in [-0.39, 0.29) is 11.1 Å². The van der Waals surface area contributed by atoms with Gasteiger partial charge in [0.05, 0.1) is 16.4 Å². The number of rotatable bonds is 2. The molecule has 88 valence electrons. The second kappa shape index (κ2) is 3.56. The number of hydrogen-bond acceptors (Lipinski definition) is 3. The van der Waals surface area contributed by atoms with E-state index < -0.39 is 10.3 Å². The molecule has 0 N–H and O–H groups in total. The number of hydrogen-bond donors (Lipinski definition) is 0. The average Bonchev–Trinajstić information content (AvgIpc) is 2.25. The molecule has 2 rings (SSSR count). The van der Waals surface area contributed by atoms with E-state index >= 15 is 0 Å². The Morgan fingerprint density at radius 2 is 1.82 bits per heavy atom. The predicted molar refractivity (Wildman–Crippen MR) is 63.4 cm³/mol. The molecule has 1 aliphatic rings. The van der Waals surface area contributed by atoms with Crippen molar-refractivity contribution in [2.45, 2.75) is 32.1 Å². The van der Waals surface area contributed by atoms with Crippen LogP contribution in [0.5, 0.6) is 0 Å². The molecule has 1 aliphatic carbocycles. The quantitative estimate of drug-likeness (QED) is 0.578. The van der Waals surface area contributed by atoms with Crippen LogP contribution in [0, 0.1) is 26.9 Å². The van der Waals surface area contributed by atoms with Gasteiger partial charge in [0, 0.05) is 12.1 Å². The zero-order valence-electron chi connectivity index (χ0n) is 9.93. The summed E-state index contributed by atoms with van der Waals surface area (Å²) in [7, 11) is 0. The van der Waals surface area contributed by atoms with Gasteiger partial charge in [-0.1, -0.05) is 26.0 Å². The SMILES string of the molecule is CC1(C)CC(C#N)(c2ccc([N+](=O)[O-])cc2)C1. The number of non-ortho nitro benzene ring substituents is 1. The fourth-order valence-electron chi connectivity index (χ4n) is 2.83. The van der Waals surface area contributed by atoms with Gasteiger partial charge in [-0.3, -0.25) is 10.1 Å². The molecule has 0 amide bonds. The van der Waals surface area contributed by atoms with Crippen LogP contribution < -0.4 is 0 Å². The van der Waals surface area contributed by atoms with Crippen molar-refractivity contribution in [3.63, 3.8) is 0 Å². The van der Waals surface area contributed by atoms with Crippen LogP contribution in [0.15, 0.2) is 24.3 Å². The molecule has 4 nitrogen and oxygen atoms in total. The summed E-state index contributed by atoms with van der Waals surface area (Å²) in [5.41, 5.74) is 0.709. The maximum absolute atomic E-state index is 10.6. The monoisotopic (exact) mass is 230 g/mol. The fraction of sp³-hybridized carbons (Fsp3) is 0.462. The van der Waals surface area contributed by atoms with Crippen molar-refractivity contribution in [1.29, 1.82) is 5.26 Å². The summed E-state index contributed by atoms with van der Waals surface area (Å²) in [6.07, 6.45) is 1.63. The molecule has 1 saturated carbocycles. The molecule has 0 spiro atoms. The van der Waals surface area contributed by atoms with Crippen LogP contribution in [0.3, 0.4) is 0 Å². The minimum absolute atomic E-state index is 0.0698. The lowest BCUT2D eigenvalue weighted by Crippen LogP contribution is -2.45. The molecule has 0 aliphatic heterocycles. The Balaban J connectivity index is 2.29. The van der Waals surface area contributed by atoms with Gasteiger partial charge >= 0.3 is 0 Å². The number of nitro benzene ring substituents is 1. The van der Waals surface area contributed by atoms with Gasteiger partial charge in [-0.15, -0.1) is 0 Å². The van der Waals surface area contributed by atoms with E-state index in [9.17, 15) is 15.4 Å². The highest BCUT2D eigenvalue weighted by Crippen LogP contribution is 2.55. The van der Waals surface area contributed by atoms with Crippen molar-refractivity contribution in [3.8, 4) is 6.07 Å². The van der Waals surface area contributed by atoms with E-state index in [1.165, 1.54) is 12.1 Å². The smallest absolute Gasteiger partial charge is 0.258 e. The number of benzene rings is 1. The fourth-order valence-corrected chi connectivity index (χ4v) is 2.83. The van der Waals surface area contributed by atoms with Gasteiger partial charge in [0.2, 0.25) is 0 Å². The molecular formula is C13H14N2O2. The molecule has 1 aromatic rings. The molecule has 0 radical (unpaired) electrons. The number of nitriles is 1.